The fourth-order valence-corrected chi connectivity index (χ4v) is 3.81. The largest absolute Gasteiger partial charge is 0.481 e. The van der Waals surface area contributed by atoms with Gasteiger partial charge in [0.25, 0.3) is 0 Å². The maximum absolute atomic E-state index is 12.8. The summed E-state index contributed by atoms with van der Waals surface area (Å²) in [7, 11) is 0. The van der Waals surface area contributed by atoms with E-state index >= 15 is 0 Å². The molecule has 0 radical (unpaired) electrons. The topological polar surface area (TPSA) is 98.3 Å². The average Bonchev–Trinajstić information content (AvgIpc) is 3.08. The van der Waals surface area contributed by atoms with E-state index in [1.807, 2.05) is 42.5 Å². The van der Waals surface area contributed by atoms with E-state index in [9.17, 15) is 14.7 Å². The van der Waals surface area contributed by atoms with Crippen LogP contribution in [0.15, 0.2) is 48.8 Å². The lowest BCUT2D eigenvalue weighted by Gasteiger charge is -2.21. The van der Waals surface area contributed by atoms with Crippen LogP contribution in [0.4, 0.5) is 4.79 Å². The minimum Gasteiger partial charge on any atom is -0.481 e. The highest BCUT2D eigenvalue weighted by Gasteiger charge is 2.26. The molecule has 0 fully saturated rings. The van der Waals surface area contributed by atoms with Gasteiger partial charge in [-0.25, -0.2) is 9.78 Å². The fraction of sp³-hybridized carbons (Fsp3) is 0.286. The van der Waals surface area contributed by atoms with Gasteiger partial charge in [-0.3, -0.25) is 4.79 Å². The molecule has 7 heteroatoms. The molecule has 1 unspecified atom stereocenters. The number of carbonyl (C=O) groups is 2. The molecule has 3 N–H and O–H groups in total. The number of hydrogen-bond acceptors (Lipinski definition) is 3. The number of carboxylic acid groups (broad SMARTS) is 1. The first-order valence-electron chi connectivity index (χ1n) is 9.34. The number of hydrogen-bond donors (Lipinski definition) is 3. The van der Waals surface area contributed by atoms with Crippen molar-refractivity contribution in [3.63, 3.8) is 0 Å². The third-order valence-corrected chi connectivity index (χ3v) is 5.24. The summed E-state index contributed by atoms with van der Waals surface area (Å²) in [5.41, 5.74) is 4.87. The molecule has 7 nitrogen and oxygen atoms in total. The van der Waals surface area contributed by atoms with Crippen LogP contribution in [0.3, 0.4) is 0 Å². The third-order valence-electron chi connectivity index (χ3n) is 5.24. The van der Waals surface area contributed by atoms with Gasteiger partial charge >= 0.3 is 12.0 Å². The maximum Gasteiger partial charge on any atom is 0.317 e. The zero-order chi connectivity index (χ0) is 19.5. The van der Waals surface area contributed by atoms with Crippen LogP contribution in [0.5, 0.6) is 0 Å². The monoisotopic (exact) mass is 378 g/mol. The second kappa shape index (κ2) is 7.72. The summed E-state index contributed by atoms with van der Waals surface area (Å²) in [6.45, 7) is 1.43. The number of fused-ring (bicyclic) bond motifs is 2. The lowest BCUT2D eigenvalue weighted by atomic mass is 9.90. The Morgan fingerprint density at radius 1 is 1.25 bits per heavy atom. The number of carboxylic acids is 1. The second-order valence-electron chi connectivity index (χ2n) is 7.12. The molecule has 4 rings (SSSR count). The van der Waals surface area contributed by atoms with Crippen LogP contribution < -0.4 is 5.32 Å². The number of imidazole rings is 1. The summed E-state index contributed by atoms with van der Waals surface area (Å²) in [6.07, 6.45) is 2.36. The molecule has 2 aromatic carbocycles. The van der Waals surface area contributed by atoms with Crippen LogP contribution in [0.25, 0.3) is 11.0 Å². The average molecular weight is 378 g/mol. The van der Waals surface area contributed by atoms with E-state index < -0.39 is 5.97 Å². The number of nitrogens with one attached hydrogen (secondary N) is 2. The molecule has 2 amide bonds. The Balaban J connectivity index is 1.45. The van der Waals surface area contributed by atoms with Crippen LogP contribution in [-0.2, 0) is 17.9 Å². The van der Waals surface area contributed by atoms with Crippen molar-refractivity contribution < 1.29 is 14.7 Å². The van der Waals surface area contributed by atoms with Crippen molar-refractivity contribution in [3.8, 4) is 0 Å². The number of aliphatic carboxylic acids is 1. The van der Waals surface area contributed by atoms with Gasteiger partial charge in [0.15, 0.2) is 0 Å². The lowest BCUT2D eigenvalue weighted by Crippen LogP contribution is -2.39. The lowest BCUT2D eigenvalue weighted by molar-refractivity contribution is -0.137. The highest BCUT2D eigenvalue weighted by Crippen LogP contribution is 2.31. The van der Waals surface area contributed by atoms with E-state index in [2.05, 4.69) is 15.3 Å². The summed E-state index contributed by atoms with van der Waals surface area (Å²) in [4.78, 5) is 33.0. The number of urea groups is 1. The van der Waals surface area contributed by atoms with E-state index in [4.69, 9.17) is 0 Å². The van der Waals surface area contributed by atoms with E-state index in [0.717, 1.165) is 27.7 Å². The zero-order valence-corrected chi connectivity index (χ0v) is 15.4. The van der Waals surface area contributed by atoms with E-state index in [-0.39, 0.29) is 18.4 Å². The van der Waals surface area contributed by atoms with Gasteiger partial charge in [-0.05, 0) is 41.2 Å². The molecule has 3 aromatic rings. The van der Waals surface area contributed by atoms with E-state index in [0.29, 0.717) is 26.1 Å². The molecule has 0 saturated heterocycles. The molecule has 0 spiro atoms. The fourth-order valence-electron chi connectivity index (χ4n) is 3.81. The standard InChI is InChI=1S/C21H22N4O3/c26-20(27)10-15-7-8-25(12-16-3-1-2-4-17(15)16)21(28)22-11-14-5-6-18-19(9-14)24-13-23-18/h1-6,9,13,15H,7-8,10-12H2,(H,22,28)(H,23,24)(H,26,27). The molecule has 0 bridgehead atoms. The van der Waals surface area contributed by atoms with Crippen LogP contribution >= 0.6 is 0 Å². The Kier molecular flexibility index (Phi) is 4.97. The second-order valence-corrected chi connectivity index (χ2v) is 7.12. The quantitative estimate of drug-likeness (QED) is 0.649. The van der Waals surface area contributed by atoms with Gasteiger partial charge < -0.3 is 20.3 Å². The number of nitrogens with zero attached hydrogens (tertiary/aromatic N) is 2. The van der Waals surface area contributed by atoms with Crippen molar-refractivity contribution in [1.29, 1.82) is 0 Å². The number of benzene rings is 2. The minimum atomic E-state index is -0.813. The number of H-pyrrole nitrogens is 1. The predicted octanol–water partition coefficient (Wildman–Crippen LogP) is 3.24. The van der Waals surface area contributed by atoms with E-state index in [1.165, 1.54) is 0 Å². The Hall–Kier alpha value is -3.35. The summed E-state index contributed by atoms with van der Waals surface area (Å²) in [5, 5.41) is 12.2. The summed E-state index contributed by atoms with van der Waals surface area (Å²) in [5.74, 6) is -0.888. The first-order valence-corrected chi connectivity index (χ1v) is 9.34. The van der Waals surface area contributed by atoms with Crippen LogP contribution in [0, 0.1) is 0 Å². The van der Waals surface area contributed by atoms with Crippen LogP contribution in [-0.4, -0.2) is 38.5 Å². The van der Waals surface area contributed by atoms with Crippen molar-refractivity contribution >= 4 is 23.0 Å². The van der Waals surface area contributed by atoms with Crippen LogP contribution in [0.2, 0.25) is 0 Å². The normalized spacial score (nSPS) is 16.4. The summed E-state index contributed by atoms with van der Waals surface area (Å²) in [6, 6.07) is 13.5. The molecule has 1 atom stereocenters. The molecule has 0 aliphatic carbocycles. The zero-order valence-electron chi connectivity index (χ0n) is 15.4. The van der Waals surface area contributed by atoms with Crippen molar-refractivity contribution in [3.05, 3.63) is 65.5 Å². The van der Waals surface area contributed by atoms with E-state index in [1.54, 1.807) is 11.2 Å². The molecule has 0 saturated carbocycles. The highest BCUT2D eigenvalue weighted by molar-refractivity contribution is 5.76. The number of rotatable bonds is 4. The van der Waals surface area contributed by atoms with Gasteiger partial charge in [0.1, 0.15) is 0 Å². The molecule has 1 aromatic heterocycles. The van der Waals surface area contributed by atoms with Gasteiger partial charge in [-0.1, -0.05) is 30.3 Å². The molecule has 1 aliphatic rings. The molecular weight excluding hydrogens is 356 g/mol. The van der Waals surface area contributed by atoms with Crippen molar-refractivity contribution in [1.82, 2.24) is 20.2 Å². The van der Waals surface area contributed by atoms with Crippen LogP contribution in [0.1, 0.15) is 35.4 Å². The van der Waals surface area contributed by atoms with Crippen molar-refractivity contribution in [2.24, 2.45) is 0 Å². The molecule has 28 heavy (non-hydrogen) atoms. The van der Waals surface area contributed by atoms with Gasteiger partial charge in [0.2, 0.25) is 0 Å². The Bertz CT molecular complexity index is 1010. The minimum absolute atomic E-state index is 0.0747. The Morgan fingerprint density at radius 3 is 2.96 bits per heavy atom. The third kappa shape index (κ3) is 3.83. The molecular formula is C21H22N4O3. The SMILES string of the molecule is O=C(O)CC1CCN(C(=O)NCc2ccc3nc[nH]c3c2)Cc2ccccc21. The number of amides is 2. The maximum atomic E-state index is 12.8. The van der Waals surface area contributed by atoms with Gasteiger partial charge in [-0.2, -0.15) is 0 Å². The smallest absolute Gasteiger partial charge is 0.317 e. The Morgan fingerprint density at radius 2 is 2.11 bits per heavy atom. The van der Waals surface area contributed by atoms with Gasteiger partial charge in [0, 0.05) is 19.6 Å². The number of aromatic nitrogens is 2. The van der Waals surface area contributed by atoms with Crippen molar-refractivity contribution in [2.75, 3.05) is 6.54 Å². The van der Waals surface area contributed by atoms with Gasteiger partial charge in [-0.15, -0.1) is 0 Å². The first-order chi connectivity index (χ1) is 13.6. The predicted molar refractivity (Wildman–Crippen MR) is 105 cm³/mol. The summed E-state index contributed by atoms with van der Waals surface area (Å²) < 4.78 is 0. The number of carbonyl (C=O) groups excluding carboxylic acids is 1. The first kappa shape index (κ1) is 18.0. The molecule has 2 heterocycles. The summed E-state index contributed by atoms with van der Waals surface area (Å²) >= 11 is 0. The Labute approximate surface area is 162 Å². The number of aromatic amines is 1. The van der Waals surface area contributed by atoms with Gasteiger partial charge in [0.05, 0.1) is 23.8 Å². The highest BCUT2D eigenvalue weighted by atomic mass is 16.4. The van der Waals surface area contributed by atoms with Crippen molar-refractivity contribution in [2.45, 2.75) is 31.8 Å². The molecule has 1 aliphatic heterocycles. The molecule has 144 valence electrons.